The number of rotatable bonds is 5. The molecule has 0 radical (unpaired) electrons. The molecule has 1 N–H and O–H groups in total. The smallest absolute Gasteiger partial charge is 0.235 e. The molecule has 29 heavy (non-hydrogen) atoms. The van der Waals surface area contributed by atoms with Crippen LogP contribution in [0.2, 0.25) is 5.02 Å². The lowest BCUT2D eigenvalue weighted by atomic mass is 9.73. The summed E-state index contributed by atoms with van der Waals surface area (Å²) in [5.74, 6) is 0.917. The van der Waals surface area contributed by atoms with Gasteiger partial charge in [-0.25, -0.2) is 0 Å². The van der Waals surface area contributed by atoms with Gasteiger partial charge in [0.25, 0.3) is 0 Å². The van der Waals surface area contributed by atoms with E-state index in [1.807, 2.05) is 49.4 Å². The van der Waals surface area contributed by atoms with E-state index in [0.717, 1.165) is 35.4 Å². The predicted octanol–water partition coefficient (Wildman–Crippen LogP) is 5.66. The van der Waals surface area contributed by atoms with Gasteiger partial charge in [0, 0.05) is 23.9 Å². The van der Waals surface area contributed by atoms with Gasteiger partial charge in [-0.1, -0.05) is 23.7 Å². The Hall–Kier alpha value is -2.04. The molecule has 0 unspecified atom stereocenters. The van der Waals surface area contributed by atoms with E-state index in [1.165, 1.54) is 12.8 Å². The molecule has 2 aromatic rings. The van der Waals surface area contributed by atoms with E-state index in [2.05, 4.69) is 5.32 Å². The van der Waals surface area contributed by atoms with Crippen LogP contribution in [0.25, 0.3) is 0 Å². The number of aryl methyl sites for hydroxylation is 1. The first-order valence-electron chi connectivity index (χ1n) is 10.5. The molecule has 1 amide bonds. The van der Waals surface area contributed by atoms with E-state index in [-0.39, 0.29) is 5.91 Å². The van der Waals surface area contributed by atoms with Crippen LogP contribution in [0.15, 0.2) is 42.5 Å². The molecular formula is C24H28ClNO3. The van der Waals surface area contributed by atoms with Crippen molar-refractivity contribution < 1.29 is 14.3 Å². The number of carbonyl (C=O) groups is 1. The third kappa shape index (κ3) is 4.44. The van der Waals surface area contributed by atoms with Crippen molar-refractivity contribution in [3.05, 3.63) is 58.6 Å². The third-order valence-electron chi connectivity index (χ3n) is 6.21. The fourth-order valence-electron chi connectivity index (χ4n) is 4.43. The lowest BCUT2D eigenvalue weighted by Gasteiger charge is -2.36. The highest BCUT2D eigenvalue weighted by atomic mass is 35.5. The third-order valence-corrected chi connectivity index (χ3v) is 6.46. The molecule has 0 atom stereocenters. The van der Waals surface area contributed by atoms with Crippen molar-refractivity contribution in [3.8, 4) is 5.75 Å². The van der Waals surface area contributed by atoms with Gasteiger partial charge in [0.1, 0.15) is 5.75 Å². The van der Waals surface area contributed by atoms with Crippen molar-refractivity contribution in [2.24, 2.45) is 0 Å². The van der Waals surface area contributed by atoms with E-state index in [0.29, 0.717) is 37.2 Å². The maximum absolute atomic E-state index is 13.4. The Morgan fingerprint density at radius 2 is 1.79 bits per heavy atom. The summed E-state index contributed by atoms with van der Waals surface area (Å²) < 4.78 is 11.7. The second kappa shape index (κ2) is 8.76. The van der Waals surface area contributed by atoms with Crippen molar-refractivity contribution >= 4 is 23.2 Å². The molecule has 0 spiro atoms. The second-order valence-corrected chi connectivity index (χ2v) is 8.60. The molecule has 0 aromatic heterocycles. The molecule has 4 nitrogen and oxygen atoms in total. The molecule has 154 valence electrons. The number of anilines is 1. The molecule has 2 aliphatic rings. The number of hydrogen-bond acceptors (Lipinski definition) is 3. The van der Waals surface area contributed by atoms with Crippen molar-refractivity contribution in [1.29, 1.82) is 0 Å². The minimum atomic E-state index is -0.601. The van der Waals surface area contributed by atoms with Gasteiger partial charge in [0.2, 0.25) is 5.91 Å². The SMILES string of the molecule is Cc1cc(NC(=O)C2(c3ccc(Cl)cc3)CCOCC2)ccc1OC1CCCC1. The van der Waals surface area contributed by atoms with Crippen molar-refractivity contribution in [2.75, 3.05) is 18.5 Å². The summed E-state index contributed by atoms with van der Waals surface area (Å²) in [5.41, 5.74) is 2.23. The Morgan fingerprint density at radius 1 is 1.10 bits per heavy atom. The molecule has 0 bridgehead atoms. The number of nitrogens with one attached hydrogen (secondary N) is 1. The second-order valence-electron chi connectivity index (χ2n) is 8.16. The molecule has 1 saturated heterocycles. The molecule has 2 aromatic carbocycles. The summed E-state index contributed by atoms with van der Waals surface area (Å²) in [7, 11) is 0. The standard InChI is InChI=1S/C24H28ClNO3/c1-17-16-20(10-11-22(17)29-21-4-2-3-5-21)26-23(27)24(12-14-28-15-13-24)18-6-8-19(25)9-7-18/h6-11,16,21H,2-5,12-15H2,1H3,(H,26,27). The van der Waals surface area contributed by atoms with Gasteiger partial charge in [0.05, 0.1) is 11.5 Å². The monoisotopic (exact) mass is 413 g/mol. The average Bonchev–Trinajstić information content (AvgIpc) is 3.24. The van der Waals surface area contributed by atoms with Gasteiger partial charge in [0.15, 0.2) is 0 Å². The van der Waals surface area contributed by atoms with Gasteiger partial charge in [-0.15, -0.1) is 0 Å². The Labute approximate surface area is 177 Å². The Morgan fingerprint density at radius 3 is 2.45 bits per heavy atom. The number of carbonyl (C=O) groups excluding carboxylic acids is 1. The number of ether oxygens (including phenoxy) is 2. The zero-order valence-corrected chi connectivity index (χ0v) is 17.6. The van der Waals surface area contributed by atoms with Crippen LogP contribution in [0.4, 0.5) is 5.69 Å². The first-order valence-corrected chi connectivity index (χ1v) is 10.9. The van der Waals surface area contributed by atoms with E-state index < -0.39 is 5.41 Å². The summed E-state index contributed by atoms with van der Waals surface area (Å²) in [6, 6.07) is 13.5. The summed E-state index contributed by atoms with van der Waals surface area (Å²) in [6.07, 6.45) is 6.38. The first kappa shape index (κ1) is 20.2. The lowest BCUT2D eigenvalue weighted by molar-refractivity contribution is -0.125. The molecule has 5 heteroatoms. The largest absolute Gasteiger partial charge is 0.490 e. The van der Waals surface area contributed by atoms with Gasteiger partial charge in [-0.05, 0) is 86.9 Å². The van der Waals surface area contributed by atoms with Gasteiger partial charge < -0.3 is 14.8 Å². The summed E-state index contributed by atoms with van der Waals surface area (Å²) in [5, 5.41) is 3.82. The van der Waals surface area contributed by atoms with Crippen LogP contribution < -0.4 is 10.1 Å². The molecule has 1 aliphatic heterocycles. The minimum Gasteiger partial charge on any atom is -0.490 e. The van der Waals surface area contributed by atoms with Crippen LogP contribution in [0.3, 0.4) is 0 Å². The summed E-state index contributed by atoms with van der Waals surface area (Å²) in [4.78, 5) is 13.4. The number of halogens is 1. The first-order chi connectivity index (χ1) is 14.1. The molecule has 1 saturated carbocycles. The average molecular weight is 414 g/mol. The normalized spacial score (nSPS) is 19.1. The van der Waals surface area contributed by atoms with E-state index in [9.17, 15) is 4.79 Å². The summed E-state index contributed by atoms with van der Waals surface area (Å²) in [6.45, 7) is 3.18. The minimum absolute atomic E-state index is 0.00647. The van der Waals surface area contributed by atoms with Crippen molar-refractivity contribution in [2.45, 2.75) is 57.0 Å². The maximum Gasteiger partial charge on any atom is 0.235 e. The van der Waals surface area contributed by atoms with Crippen molar-refractivity contribution in [1.82, 2.24) is 0 Å². The zero-order valence-electron chi connectivity index (χ0n) is 16.9. The van der Waals surface area contributed by atoms with Gasteiger partial charge in [-0.3, -0.25) is 4.79 Å². The molecule has 1 aliphatic carbocycles. The Kier molecular flexibility index (Phi) is 6.12. The molecule has 1 heterocycles. The van der Waals surface area contributed by atoms with Gasteiger partial charge >= 0.3 is 0 Å². The van der Waals surface area contributed by atoms with Crippen LogP contribution in [-0.4, -0.2) is 25.2 Å². The van der Waals surface area contributed by atoms with Crippen LogP contribution in [0, 0.1) is 6.92 Å². The number of benzene rings is 2. The molecule has 4 rings (SSSR count). The highest BCUT2D eigenvalue weighted by molar-refractivity contribution is 6.30. The number of hydrogen-bond donors (Lipinski definition) is 1. The Balaban J connectivity index is 1.53. The Bertz CT molecular complexity index is 853. The topological polar surface area (TPSA) is 47.6 Å². The molecule has 2 fully saturated rings. The van der Waals surface area contributed by atoms with E-state index >= 15 is 0 Å². The fraction of sp³-hybridized carbons (Fsp3) is 0.458. The predicted molar refractivity (Wildman–Crippen MR) is 116 cm³/mol. The van der Waals surface area contributed by atoms with Crippen LogP contribution >= 0.6 is 11.6 Å². The van der Waals surface area contributed by atoms with Crippen LogP contribution in [-0.2, 0) is 14.9 Å². The van der Waals surface area contributed by atoms with Crippen LogP contribution in [0.1, 0.15) is 49.7 Å². The zero-order chi connectivity index (χ0) is 20.3. The van der Waals surface area contributed by atoms with Gasteiger partial charge in [-0.2, -0.15) is 0 Å². The lowest BCUT2D eigenvalue weighted by Crippen LogP contribution is -2.44. The van der Waals surface area contributed by atoms with Crippen LogP contribution in [0.5, 0.6) is 5.75 Å². The van der Waals surface area contributed by atoms with E-state index in [4.69, 9.17) is 21.1 Å². The fourth-order valence-corrected chi connectivity index (χ4v) is 4.56. The van der Waals surface area contributed by atoms with Crippen molar-refractivity contribution in [3.63, 3.8) is 0 Å². The summed E-state index contributed by atoms with van der Waals surface area (Å²) >= 11 is 6.06. The quantitative estimate of drug-likeness (QED) is 0.688. The highest BCUT2D eigenvalue weighted by Crippen LogP contribution is 2.37. The highest BCUT2D eigenvalue weighted by Gasteiger charge is 2.41. The number of amides is 1. The van der Waals surface area contributed by atoms with E-state index in [1.54, 1.807) is 0 Å². The molecular weight excluding hydrogens is 386 g/mol. The maximum atomic E-state index is 13.4.